The van der Waals surface area contributed by atoms with Gasteiger partial charge in [0.25, 0.3) is 0 Å². The molecule has 0 bridgehead atoms. The van der Waals surface area contributed by atoms with E-state index in [2.05, 4.69) is 81.8 Å². The van der Waals surface area contributed by atoms with Gasteiger partial charge in [0.15, 0.2) is 0 Å². The molecule has 4 rings (SSSR count). The Morgan fingerprint density at radius 2 is 1.57 bits per heavy atom. The summed E-state index contributed by atoms with van der Waals surface area (Å²) in [4.78, 5) is 11.6. The van der Waals surface area contributed by atoms with Crippen molar-refractivity contribution in [2.45, 2.75) is 33.6 Å². The maximum absolute atomic E-state index is 4.65. The quantitative estimate of drug-likeness (QED) is 0.619. The van der Waals surface area contributed by atoms with Crippen molar-refractivity contribution in [1.29, 1.82) is 0 Å². The van der Waals surface area contributed by atoms with Crippen LogP contribution in [0.3, 0.4) is 0 Å². The van der Waals surface area contributed by atoms with Gasteiger partial charge in [0.05, 0.1) is 0 Å². The summed E-state index contributed by atoms with van der Waals surface area (Å²) in [6.07, 6.45) is 2.57. The standard InChI is InChI=1S/C23H27N5/c1-16-6-7-17(2)21(14-16)26-22-15-18(3)24-23(27-22)25-19-8-10-20(11-9-19)28-12-4-5-13-28/h6-11,14-15H,4-5,12-13H2,1-3H3,(H2,24,25,26,27). The van der Waals surface area contributed by atoms with Gasteiger partial charge in [0.2, 0.25) is 5.95 Å². The first-order chi connectivity index (χ1) is 13.6. The third-order valence-electron chi connectivity index (χ3n) is 5.10. The largest absolute Gasteiger partial charge is 0.372 e. The lowest BCUT2D eigenvalue weighted by atomic mass is 10.1. The fraction of sp³-hybridized carbons (Fsp3) is 0.304. The van der Waals surface area contributed by atoms with Crippen LogP contribution in [0.4, 0.5) is 28.8 Å². The summed E-state index contributed by atoms with van der Waals surface area (Å²) < 4.78 is 0. The number of hydrogen-bond donors (Lipinski definition) is 2. The van der Waals surface area contributed by atoms with Gasteiger partial charge in [-0.15, -0.1) is 0 Å². The molecule has 2 heterocycles. The Balaban J connectivity index is 1.51. The first-order valence-electron chi connectivity index (χ1n) is 9.89. The molecule has 0 radical (unpaired) electrons. The van der Waals surface area contributed by atoms with Crippen molar-refractivity contribution < 1.29 is 0 Å². The fourth-order valence-corrected chi connectivity index (χ4v) is 3.56. The second kappa shape index (κ2) is 7.89. The molecule has 3 aromatic rings. The molecule has 1 aliphatic heterocycles. The molecule has 0 atom stereocenters. The monoisotopic (exact) mass is 373 g/mol. The van der Waals surface area contributed by atoms with E-state index in [1.165, 1.54) is 29.7 Å². The minimum absolute atomic E-state index is 0.599. The van der Waals surface area contributed by atoms with Crippen molar-refractivity contribution in [2.24, 2.45) is 0 Å². The molecule has 2 N–H and O–H groups in total. The van der Waals surface area contributed by atoms with Crippen molar-refractivity contribution in [1.82, 2.24) is 9.97 Å². The number of aromatic nitrogens is 2. The average molecular weight is 374 g/mol. The maximum atomic E-state index is 4.65. The minimum Gasteiger partial charge on any atom is -0.372 e. The molecule has 1 fully saturated rings. The lowest BCUT2D eigenvalue weighted by Crippen LogP contribution is -2.17. The second-order valence-corrected chi connectivity index (χ2v) is 7.53. The van der Waals surface area contributed by atoms with Crippen LogP contribution >= 0.6 is 0 Å². The third kappa shape index (κ3) is 4.25. The lowest BCUT2D eigenvalue weighted by Gasteiger charge is -2.18. The van der Waals surface area contributed by atoms with Gasteiger partial charge in [-0.1, -0.05) is 12.1 Å². The first kappa shape index (κ1) is 18.3. The molecule has 144 valence electrons. The summed E-state index contributed by atoms with van der Waals surface area (Å²) in [6, 6.07) is 16.9. The first-order valence-corrected chi connectivity index (χ1v) is 9.89. The average Bonchev–Trinajstić information content (AvgIpc) is 3.20. The highest BCUT2D eigenvalue weighted by atomic mass is 15.2. The van der Waals surface area contributed by atoms with Crippen LogP contribution in [0.1, 0.15) is 29.7 Å². The highest BCUT2D eigenvalue weighted by Gasteiger charge is 2.12. The van der Waals surface area contributed by atoms with Gasteiger partial charge < -0.3 is 15.5 Å². The second-order valence-electron chi connectivity index (χ2n) is 7.53. The Labute approximate surface area is 166 Å². The van der Waals surface area contributed by atoms with Gasteiger partial charge in [-0.3, -0.25) is 0 Å². The highest BCUT2D eigenvalue weighted by Crippen LogP contribution is 2.25. The van der Waals surface area contributed by atoms with Crippen LogP contribution in [0.15, 0.2) is 48.5 Å². The van der Waals surface area contributed by atoms with Crippen molar-refractivity contribution in [3.8, 4) is 0 Å². The van der Waals surface area contributed by atoms with Crippen LogP contribution in [0.25, 0.3) is 0 Å². The lowest BCUT2D eigenvalue weighted by molar-refractivity contribution is 0.949. The number of anilines is 5. The zero-order valence-corrected chi connectivity index (χ0v) is 16.8. The molecule has 1 aromatic heterocycles. The van der Waals surface area contributed by atoms with Crippen LogP contribution in [0.2, 0.25) is 0 Å². The van der Waals surface area contributed by atoms with E-state index in [4.69, 9.17) is 0 Å². The van der Waals surface area contributed by atoms with E-state index in [-0.39, 0.29) is 0 Å². The summed E-state index contributed by atoms with van der Waals surface area (Å²) in [5.41, 5.74) is 6.67. The number of benzene rings is 2. The molecule has 1 saturated heterocycles. The molecule has 0 spiro atoms. The van der Waals surface area contributed by atoms with E-state index < -0.39 is 0 Å². The number of nitrogens with zero attached hydrogens (tertiary/aromatic N) is 3. The zero-order valence-electron chi connectivity index (χ0n) is 16.8. The summed E-state index contributed by atoms with van der Waals surface area (Å²) in [7, 11) is 0. The van der Waals surface area contributed by atoms with E-state index >= 15 is 0 Å². The Morgan fingerprint density at radius 3 is 2.32 bits per heavy atom. The van der Waals surface area contributed by atoms with Crippen LogP contribution in [-0.4, -0.2) is 23.1 Å². The number of hydrogen-bond acceptors (Lipinski definition) is 5. The van der Waals surface area contributed by atoms with E-state index in [0.29, 0.717) is 5.95 Å². The van der Waals surface area contributed by atoms with Crippen molar-refractivity contribution >= 4 is 28.8 Å². The summed E-state index contributed by atoms with van der Waals surface area (Å²) in [5.74, 6) is 1.39. The molecule has 5 heteroatoms. The number of rotatable bonds is 5. The Bertz CT molecular complexity index is 959. The molecule has 28 heavy (non-hydrogen) atoms. The van der Waals surface area contributed by atoms with Gasteiger partial charge in [-0.25, -0.2) is 4.98 Å². The SMILES string of the molecule is Cc1ccc(C)c(Nc2cc(C)nc(Nc3ccc(N4CCCC4)cc3)n2)c1. The zero-order chi connectivity index (χ0) is 19.5. The molecule has 2 aromatic carbocycles. The summed E-state index contributed by atoms with van der Waals surface area (Å²) in [6.45, 7) is 8.48. The molecule has 0 saturated carbocycles. The van der Waals surface area contributed by atoms with Gasteiger partial charge in [-0.2, -0.15) is 4.98 Å². The van der Waals surface area contributed by atoms with E-state index in [0.717, 1.165) is 36.0 Å². The van der Waals surface area contributed by atoms with Gasteiger partial charge in [0, 0.05) is 41.9 Å². The molecule has 1 aliphatic rings. The number of aryl methyl sites for hydroxylation is 3. The van der Waals surface area contributed by atoms with Crippen LogP contribution < -0.4 is 15.5 Å². The molecular weight excluding hydrogens is 346 g/mol. The normalized spacial score (nSPS) is 13.6. The highest BCUT2D eigenvalue weighted by molar-refractivity contribution is 5.64. The van der Waals surface area contributed by atoms with Crippen LogP contribution in [0, 0.1) is 20.8 Å². The van der Waals surface area contributed by atoms with Crippen LogP contribution in [-0.2, 0) is 0 Å². The predicted molar refractivity (Wildman–Crippen MR) is 117 cm³/mol. The Hall–Kier alpha value is -3.08. The smallest absolute Gasteiger partial charge is 0.229 e. The van der Waals surface area contributed by atoms with Crippen molar-refractivity contribution in [3.63, 3.8) is 0 Å². The molecule has 0 unspecified atom stereocenters. The van der Waals surface area contributed by atoms with E-state index in [9.17, 15) is 0 Å². The third-order valence-corrected chi connectivity index (χ3v) is 5.10. The van der Waals surface area contributed by atoms with Crippen molar-refractivity contribution in [2.75, 3.05) is 28.6 Å². The fourth-order valence-electron chi connectivity index (χ4n) is 3.56. The molecule has 0 amide bonds. The summed E-state index contributed by atoms with van der Waals surface area (Å²) in [5, 5.41) is 6.76. The Morgan fingerprint density at radius 1 is 0.821 bits per heavy atom. The topological polar surface area (TPSA) is 53.1 Å². The van der Waals surface area contributed by atoms with Crippen LogP contribution in [0.5, 0.6) is 0 Å². The molecule has 5 nitrogen and oxygen atoms in total. The van der Waals surface area contributed by atoms with E-state index in [1.54, 1.807) is 0 Å². The summed E-state index contributed by atoms with van der Waals surface area (Å²) >= 11 is 0. The van der Waals surface area contributed by atoms with E-state index in [1.807, 2.05) is 13.0 Å². The molecule has 0 aliphatic carbocycles. The number of nitrogens with one attached hydrogen (secondary N) is 2. The molecular formula is C23H27N5. The Kier molecular flexibility index (Phi) is 5.15. The maximum Gasteiger partial charge on any atom is 0.229 e. The minimum atomic E-state index is 0.599. The van der Waals surface area contributed by atoms with Gasteiger partial charge in [-0.05, 0) is 75.1 Å². The predicted octanol–water partition coefficient (Wildman–Crippen LogP) is 5.49. The van der Waals surface area contributed by atoms with Crippen molar-refractivity contribution in [3.05, 3.63) is 65.4 Å². The van der Waals surface area contributed by atoms with Gasteiger partial charge in [0.1, 0.15) is 5.82 Å². The van der Waals surface area contributed by atoms with Gasteiger partial charge >= 0.3 is 0 Å².